The van der Waals surface area contributed by atoms with Crippen molar-refractivity contribution in [3.05, 3.63) is 30.2 Å². The summed E-state index contributed by atoms with van der Waals surface area (Å²) >= 11 is 0. The highest BCUT2D eigenvalue weighted by Gasteiger charge is 2.32. The van der Waals surface area contributed by atoms with E-state index in [1.165, 1.54) is 0 Å². The lowest BCUT2D eigenvalue weighted by molar-refractivity contribution is -0.119. The molecule has 2 aromatic rings. The van der Waals surface area contributed by atoms with Gasteiger partial charge < -0.3 is 15.2 Å². The quantitative estimate of drug-likeness (QED) is 0.773. The molecule has 0 spiro atoms. The minimum Gasteiger partial charge on any atom is -0.384 e. The molecule has 1 fully saturated rings. The number of carbonyl (C=O) groups excluding carboxylic acids is 1. The Kier molecular flexibility index (Phi) is 5.71. The molecule has 0 aliphatic carbocycles. The minimum atomic E-state index is -1.01. The zero-order valence-corrected chi connectivity index (χ0v) is 17.8. The summed E-state index contributed by atoms with van der Waals surface area (Å²) in [5.41, 5.74) is 1.01. The van der Waals surface area contributed by atoms with Crippen LogP contribution in [0.15, 0.2) is 24.5 Å². The number of aliphatic hydroxyl groups is 1. The van der Waals surface area contributed by atoms with Crippen molar-refractivity contribution in [3.8, 4) is 11.3 Å². The molecule has 164 valence electrons. The molecule has 0 radical (unpaired) electrons. The van der Waals surface area contributed by atoms with Crippen molar-refractivity contribution in [1.29, 1.82) is 0 Å². The number of ether oxygens (including phenoxy) is 1. The molecule has 2 N–H and O–H groups in total. The van der Waals surface area contributed by atoms with Crippen LogP contribution in [0.1, 0.15) is 48.6 Å². The molecule has 2 aromatic heterocycles. The van der Waals surface area contributed by atoms with E-state index in [9.17, 15) is 9.90 Å². The molecule has 1 amide bonds. The zero-order chi connectivity index (χ0) is 21.3. The molecule has 4 rings (SSSR count). The first kappa shape index (κ1) is 20.7. The fraction of sp³-hybridized carbons (Fsp3) is 0.545. The molecule has 8 heteroatoms. The van der Waals surface area contributed by atoms with Crippen LogP contribution >= 0.6 is 0 Å². The number of carbonyl (C=O) groups is 1. The van der Waals surface area contributed by atoms with Crippen LogP contribution in [0.3, 0.4) is 0 Å². The van der Waals surface area contributed by atoms with Crippen molar-refractivity contribution in [3.63, 3.8) is 0 Å². The molecule has 0 unspecified atom stereocenters. The highest BCUT2D eigenvalue weighted by atomic mass is 16.5. The molecule has 8 nitrogen and oxygen atoms in total. The van der Waals surface area contributed by atoms with Crippen molar-refractivity contribution >= 4 is 17.5 Å². The first-order chi connectivity index (χ1) is 14.3. The van der Waals surface area contributed by atoms with E-state index in [0.717, 1.165) is 38.0 Å². The number of fused-ring (bicyclic) bond motifs is 1. The van der Waals surface area contributed by atoms with Crippen LogP contribution in [0.2, 0.25) is 0 Å². The van der Waals surface area contributed by atoms with Gasteiger partial charge >= 0.3 is 0 Å². The maximum Gasteiger partial charge on any atom is 0.250 e. The highest BCUT2D eigenvalue weighted by molar-refractivity contribution is 6.03. The third kappa shape index (κ3) is 4.29. The van der Waals surface area contributed by atoms with Crippen molar-refractivity contribution in [2.24, 2.45) is 5.92 Å². The molecule has 1 atom stereocenters. The smallest absolute Gasteiger partial charge is 0.250 e. The molecule has 4 heterocycles. The Balaban J connectivity index is 0.00000181. The van der Waals surface area contributed by atoms with E-state index >= 15 is 0 Å². The van der Waals surface area contributed by atoms with Crippen LogP contribution in [0.5, 0.6) is 0 Å². The first-order valence-electron chi connectivity index (χ1n) is 10.5. The average molecular weight is 416 g/mol. The molecule has 0 aromatic carbocycles. The lowest BCUT2D eigenvalue weighted by atomic mass is 9.96. The monoisotopic (exact) mass is 415 g/mol. The number of rotatable bonds is 5. The Hall–Kier alpha value is -2.58. The maximum atomic E-state index is 12.9. The van der Waals surface area contributed by atoms with Crippen molar-refractivity contribution in [2.45, 2.75) is 51.7 Å². The zero-order valence-electron chi connectivity index (χ0n) is 17.8. The van der Waals surface area contributed by atoms with Gasteiger partial charge in [0.1, 0.15) is 11.6 Å². The normalized spacial score (nSPS) is 20.1. The van der Waals surface area contributed by atoms with E-state index in [-0.39, 0.29) is 14.8 Å². The Labute approximate surface area is 179 Å². The predicted molar refractivity (Wildman–Crippen MR) is 118 cm³/mol. The number of anilines is 2. The van der Waals surface area contributed by atoms with Gasteiger partial charge in [0, 0.05) is 34.4 Å². The summed E-state index contributed by atoms with van der Waals surface area (Å²) < 4.78 is 5.45. The Morgan fingerprint density at radius 2 is 2.03 bits per heavy atom. The Bertz CT molecular complexity index is 915. The van der Waals surface area contributed by atoms with Crippen LogP contribution < -0.4 is 10.2 Å². The lowest BCUT2D eigenvalue weighted by Crippen LogP contribution is -2.47. The molecule has 2 aliphatic heterocycles. The SMILES string of the molecule is C[C@@H]1Nc2ncc(-c3ccc(C(C)(C)O)nc3)nc2N(CCC2CCOCC2)C1=O.[HH].[HH]. The standard InChI is InChI=1S/C22H29N5O3.2H2/c1-14-21(28)27(9-6-15-7-10-30-11-8-15)20-19(25-14)24-13-17(26-20)16-4-5-18(23-12-16)22(2,3)29;;/h4-5,12-15,29H,6-11H2,1-3H3,(H,24,25);2*1H/t14-;;/m0../s1. The van der Waals surface area contributed by atoms with Crippen molar-refractivity contribution in [2.75, 3.05) is 30.0 Å². The van der Waals surface area contributed by atoms with Gasteiger partial charge in [-0.1, -0.05) is 0 Å². The van der Waals surface area contributed by atoms with Crippen LogP contribution in [-0.4, -0.2) is 51.8 Å². The van der Waals surface area contributed by atoms with Crippen molar-refractivity contribution in [1.82, 2.24) is 15.0 Å². The largest absolute Gasteiger partial charge is 0.384 e. The summed E-state index contributed by atoms with van der Waals surface area (Å²) in [7, 11) is 0. The number of nitrogens with zero attached hydrogens (tertiary/aromatic N) is 4. The third-order valence-corrected chi connectivity index (χ3v) is 5.79. The summed E-state index contributed by atoms with van der Waals surface area (Å²) in [6, 6.07) is 3.31. The maximum absolute atomic E-state index is 12.9. The Morgan fingerprint density at radius 3 is 2.70 bits per heavy atom. The van der Waals surface area contributed by atoms with Gasteiger partial charge in [0.15, 0.2) is 11.6 Å². The summed E-state index contributed by atoms with van der Waals surface area (Å²) in [5.74, 6) is 1.76. The van der Waals surface area contributed by atoms with E-state index < -0.39 is 5.60 Å². The number of nitrogens with one attached hydrogen (secondary N) is 1. The molecule has 30 heavy (non-hydrogen) atoms. The topological polar surface area (TPSA) is 100 Å². The molecule has 0 bridgehead atoms. The van der Waals surface area contributed by atoms with E-state index in [1.54, 1.807) is 37.2 Å². The second-order valence-electron chi connectivity index (χ2n) is 8.62. The average Bonchev–Trinajstić information content (AvgIpc) is 2.74. The summed E-state index contributed by atoms with van der Waals surface area (Å²) in [5, 5.41) is 13.3. The van der Waals surface area contributed by atoms with E-state index in [0.29, 0.717) is 35.5 Å². The minimum absolute atomic E-state index is 0. The number of amides is 1. The molecule has 2 aliphatic rings. The fourth-order valence-corrected chi connectivity index (χ4v) is 3.88. The summed E-state index contributed by atoms with van der Waals surface area (Å²) in [6.07, 6.45) is 6.36. The van der Waals surface area contributed by atoms with E-state index in [1.807, 2.05) is 13.0 Å². The van der Waals surface area contributed by atoms with Gasteiger partial charge in [-0.05, 0) is 58.1 Å². The number of hydrogen-bond donors (Lipinski definition) is 2. The summed E-state index contributed by atoms with van der Waals surface area (Å²) in [6.45, 7) is 7.46. The van der Waals surface area contributed by atoms with Crippen LogP contribution in [0.25, 0.3) is 11.3 Å². The van der Waals surface area contributed by atoms with Crippen molar-refractivity contribution < 1.29 is 17.5 Å². The third-order valence-electron chi connectivity index (χ3n) is 5.79. The van der Waals surface area contributed by atoms with Crippen LogP contribution in [0.4, 0.5) is 11.6 Å². The van der Waals surface area contributed by atoms with Gasteiger partial charge in [-0.3, -0.25) is 14.7 Å². The summed E-state index contributed by atoms with van der Waals surface area (Å²) in [4.78, 5) is 28.3. The van der Waals surface area contributed by atoms with Gasteiger partial charge in [-0.25, -0.2) is 9.97 Å². The second kappa shape index (κ2) is 8.28. The van der Waals surface area contributed by atoms with E-state index in [4.69, 9.17) is 9.72 Å². The fourth-order valence-electron chi connectivity index (χ4n) is 3.88. The van der Waals surface area contributed by atoms with Gasteiger partial charge in [0.05, 0.1) is 17.6 Å². The van der Waals surface area contributed by atoms with E-state index in [2.05, 4.69) is 15.3 Å². The first-order valence-corrected chi connectivity index (χ1v) is 10.5. The number of pyridine rings is 1. The van der Waals surface area contributed by atoms with Gasteiger partial charge in [0.25, 0.3) is 0 Å². The molecule has 0 saturated carbocycles. The molecule has 1 saturated heterocycles. The van der Waals surface area contributed by atoms with Crippen LogP contribution in [0, 0.1) is 5.92 Å². The van der Waals surface area contributed by atoms with Gasteiger partial charge in [-0.15, -0.1) is 0 Å². The molecular formula is C22H33N5O3. The van der Waals surface area contributed by atoms with Gasteiger partial charge in [-0.2, -0.15) is 0 Å². The van der Waals surface area contributed by atoms with Gasteiger partial charge in [0.2, 0.25) is 5.91 Å². The number of hydrogen-bond acceptors (Lipinski definition) is 7. The molecular weight excluding hydrogens is 382 g/mol. The Morgan fingerprint density at radius 1 is 1.27 bits per heavy atom. The lowest BCUT2D eigenvalue weighted by Gasteiger charge is -2.33. The second-order valence-corrected chi connectivity index (χ2v) is 8.62. The van der Waals surface area contributed by atoms with Crippen LogP contribution in [-0.2, 0) is 15.1 Å². The highest BCUT2D eigenvalue weighted by Crippen LogP contribution is 2.32. The predicted octanol–water partition coefficient (Wildman–Crippen LogP) is 3.22. The number of aromatic nitrogens is 3.